The Morgan fingerprint density at radius 3 is 2.53 bits per heavy atom. The number of anilines is 1. The van der Waals surface area contributed by atoms with Gasteiger partial charge in [0.1, 0.15) is 17.0 Å². The number of fused-ring (bicyclic) bond motifs is 1. The molecule has 0 aliphatic rings. The van der Waals surface area contributed by atoms with E-state index in [4.69, 9.17) is 14.5 Å². The number of quaternary nitrogens is 1. The van der Waals surface area contributed by atoms with Crippen LogP contribution in [0.3, 0.4) is 0 Å². The molecular weight excluding hydrogens is 398 g/mol. The summed E-state index contributed by atoms with van der Waals surface area (Å²) in [6.45, 7) is 9.84. The molecule has 0 unspecified atom stereocenters. The maximum Gasteiger partial charge on any atom is 0.266 e. The standard InChI is InChI=1S/C23H29N3O3S/c1-5-25(6-2)14-15-26(20(27)16-29-18-10-8-7-9-11-18)23-24-21-19(28-4)13-12-17(3)22(21)30-23/h7-13H,5-6,14-16H2,1-4H3/p+1. The third-order valence-electron chi connectivity index (χ3n) is 5.24. The molecule has 0 spiro atoms. The molecule has 0 saturated carbocycles. The maximum absolute atomic E-state index is 13.1. The first-order chi connectivity index (χ1) is 14.6. The maximum atomic E-state index is 13.1. The first-order valence-electron chi connectivity index (χ1n) is 10.3. The van der Waals surface area contributed by atoms with Gasteiger partial charge in [0, 0.05) is 0 Å². The molecule has 2 aromatic carbocycles. The molecule has 3 aromatic rings. The number of hydrogen-bond acceptors (Lipinski definition) is 5. The van der Waals surface area contributed by atoms with Crippen LogP contribution in [0.15, 0.2) is 42.5 Å². The van der Waals surface area contributed by atoms with Crippen molar-refractivity contribution in [2.24, 2.45) is 0 Å². The molecule has 0 bridgehead atoms. The van der Waals surface area contributed by atoms with Crippen LogP contribution < -0.4 is 19.3 Å². The summed E-state index contributed by atoms with van der Waals surface area (Å²) in [6, 6.07) is 13.4. The Morgan fingerprint density at radius 2 is 1.87 bits per heavy atom. The summed E-state index contributed by atoms with van der Waals surface area (Å²) in [7, 11) is 1.64. The number of thiazole rings is 1. The molecule has 0 atom stereocenters. The van der Waals surface area contributed by atoms with Crippen molar-refractivity contribution in [1.29, 1.82) is 0 Å². The van der Waals surface area contributed by atoms with Gasteiger partial charge in [-0.1, -0.05) is 35.6 Å². The average molecular weight is 429 g/mol. The number of ether oxygens (including phenoxy) is 2. The molecule has 0 fully saturated rings. The number of rotatable bonds is 10. The van der Waals surface area contributed by atoms with Gasteiger partial charge in [-0.15, -0.1) is 0 Å². The third-order valence-corrected chi connectivity index (χ3v) is 6.45. The van der Waals surface area contributed by atoms with E-state index in [1.54, 1.807) is 12.0 Å². The first-order valence-corrected chi connectivity index (χ1v) is 11.1. The molecule has 3 rings (SSSR count). The van der Waals surface area contributed by atoms with Gasteiger partial charge in [0.05, 0.1) is 38.0 Å². The molecule has 30 heavy (non-hydrogen) atoms. The summed E-state index contributed by atoms with van der Waals surface area (Å²) in [5.74, 6) is 1.31. The number of benzene rings is 2. The number of hydrogen-bond donors (Lipinski definition) is 1. The monoisotopic (exact) mass is 428 g/mol. The normalized spacial score (nSPS) is 11.1. The fraction of sp³-hybridized carbons (Fsp3) is 0.391. The second kappa shape index (κ2) is 10.4. The van der Waals surface area contributed by atoms with E-state index < -0.39 is 0 Å². The number of nitrogens with zero attached hydrogens (tertiary/aromatic N) is 2. The number of aromatic nitrogens is 1. The van der Waals surface area contributed by atoms with Crippen molar-refractivity contribution in [3.63, 3.8) is 0 Å². The molecule has 0 saturated heterocycles. The van der Waals surface area contributed by atoms with Crippen molar-refractivity contribution >= 4 is 32.6 Å². The number of carbonyl (C=O) groups is 1. The van der Waals surface area contributed by atoms with Gasteiger partial charge >= 0.3 is 0 Å². The summed E-state index contributed by atoms with van der Waals surface area (Å²) >= 11 is 1.53. The van der Waals surface area contributed by atoms with Crippen LogP contribution >= 0.6 is 11.3 Å². The fourth-order valence-electron chi connectivity index (χ4n) is 3.32. The van der Waals surface area contributed by atoms with E-state index in [-0.39, 0.29) is 12.5 Å². The Bertz CT molecular complexity index is 970. The average Bonchev–Trinajstić information content (AvgIpc) is 3.22. The third kappa shape index (κ3) is 5.09. The lowest BCUT2D eigenvalue weighted by atomic mass is 10.2. The predicted molar refractivity (Wildman–Crippen MR) is 122 cm³/mol. The molecule has 0 aliphatic carbocycles. The Balaban J connectivity index is 1.87. The summed E-state index contributed by atoms with van der Waals surface area (Å²) in [4.78, 5) is 21.1. The number of methoxy groups -OCH3 is 1. The number of carbonyl (C=O) groups excluding carboxylic acids is 1. The zero-order valence-corrected chi connectivity index (χ0v) is 18.9. The van der Waals surface area contributed by atoms with Crippen LogP contribution in [0, 0.1) is 6.92 Å². The minimum absolute atomic E-state index is 0.0242. The highest BCUT2D eigenvalue weighted by molar-refractivity contribution is 7.22. The van der Waals surface area contributed by atoms with E-state index in [1.807, 2.05) is 42.5 Å². The van der Waals surface area contributed by atoms with Gasteiger partial charge in [0.15, 0.2) is 11.7 Å². The van der Waals surface area contributed by atoms with Gasteiger partial charge in [-0.3, -0.25) is 9.69 Å². The van der Waals surface area contributed by atoms with Gasteiger partial charge in [0.25, 0.3) is 5.91 Å². The molecule has 6 nitrogen and oxygen atoms in total. The number of amides is 1. The van der Waals surface area contributed by atoms with E-state index in [0.29, 0.717) is 17.4 Å². The SMILES string of the molecule is CC[NH+](CC)CCN(C(=O)COc1ccccc1)c1nc2c(OC)ccc(C)c2s1. The van der Waals surface area contributed by atoms with Crippen molar-refractivity contribution in [3.05, 3.63) is 48.0 Å². The highest BCUT2D eigenvalue weighted by atomic mass is 32.1. The second-order valence-corrected chi connectivity index (χ2v) is 8.09. The molecule has 160 valence electrons. The van der Waals surface area contributed by atoms with E-state index in [2.05, 4.69) is 20.8 Å². The Morgan fingerprint density at radius 1 is 1.13 bits per heavy atom. The Kier molecular flexibility index (Phi) is 7.65. The summed E-state index contributed by atoms with van der Waals surface area (Å²) in [6.07, 6.45) is 0. The number of nitrogens with one attached hydrogen (secondary N) is 1. The van der Waals surface area contributed by atoms with E-state index in [0.717, 1.165) is 41.2 Å². The summed E-state index contributed by atoms with van der Waals surface area (Å²) in [5, 5.41) is 0.686. The minimum Gasteiger partial charge on any atom is -0.494 e. The van der Waals surface area contributed by atoms with E-state index >= 15 is 0 Å². The Labute approximate surface area is 182 Å². The molecule has 0 aliphatic heterocycles. The van der Waals surface area contributed by atoms with Crippen LogP contribution in [0.2, 0.25) is 0 Å². The van der Waals surface area contributed by atoms with Crippen molar-refractivity contribution in [3.8, 4) is 11.5 Å². The van der Waals surface area contributed by atoms with Crippen LogP contribution in [0.4, 0.5) is 5.13 Å². The van der Waals surface area contributed by atoms with Gasteiger partial charge in [-0.2, -0.15) is 0 Å². The molecule has 1 amide bonds. The zero-order valence-electron chi connectivity index (χ0n) is 18.1. The summed E-state index contributed by atoms with van der Waals surface area (Å²) < 4.78 is 12.3. The van der Waals surface area contributed by atoms with Crippen LogP contribution in [-0.4, -0.2) is 50.8 Å². The van der Waals surface area contributed by atoms with E-state index in [9.17, 15) is 4.79 Å². The first kappa shape index (κ1) is 22.1. The number of likely N-dealkylation sites (N-methyl/N-ethyl adjacent to an activating group) is 1. The summed E-state index contributed by atoms with van der Waals surface area (Å²) in [5.41, 5.74) is 1.92. The predicted octanol–water partition coefficient (Wildman–Crippen LogP) is 2.95. The van der Waals surface area contributed by atoms with Crippen molar-refractivity contribution in [2.45, 2.75) is 20.8 Å². The van der Waals surface area contributed by atoms with Crippen LogP contribution in [0.25, 0.3) is 10.2 Å². The molecule has 1 heterocycles. The second-order valence-electron chi connectivity index (χ2n) is 7.11. The topological polar surface area (TPSA) is 56.1 Å². The molecule has 1 N–H and O–H groups in total. The lowest BCUT2D eigenvalue weighted by molar-refractivity contribution is -0.894. The lowest BCUT2D eigenvalue weighted by Gasteiger charge is -2.23. The number of aryl methyl sites for hydroxylation is 1. The fourth-order valence-corrected chi connectivity index (χ4v) is 4.41. The smallest absolute Gasteiger partial charge is 0.266 e. The van der Waals surface area contributed by atoms with Gasteiger partial charge in [-0.25, -0.2) is 4.98 Å². The van der Waals surface area contributed by atoms with Gasteiger partial charge in [-0.05, 0) is 44.5 Å². The number of para-hydroxylation sites is 1. The quantitative estimate of drug-likeness (QED) is 0.540. The van der Waals surface area contributed by atoms with Gasteiger partial charge < -0.3 is 14.4 Å². The zero-order chi connectivity index (χ0) is 21.5. The van der Waals surface area contributed by atoms with Crippen LogP contribution in [0.5, 0.6) is 11.5 Å². The molecule has 7 heteroatoms. The van der Waals surface area contributed by atoms with Crippen LogP contribution in [-0.2, 0) is 4.79 Å². The van der Waals surface area contributed by atoms with Crippen LogP contribution in [0.1, 0.15) is 19.4 Å². The van der Waals surface area contributed by atoms with Gasteiger partial charge in [0.2, 0.25) is 0 Å². The highest BCUT2D eigenvalue weighted by Gasteiger charge is 2.23. The van der Waals surface area contributed by atoms with Crippen molar-refractivity contribution < 1.29 is 19.2 Å². The van der Waals surface area contributed by atoms with Crippen molar-refractivity contribution in [1.82, 2.24) is 4.98 Å². The lowest BCUT2D eigenvalue weighted by Crippen LogP contribution is -3.12. The van der Waals surface area contributed by atoms with E-state index in [1.165, 1.54) is 16.2 Å². The molecule has 1 aromatic heterocycles. The molecule has 0 radical (unpaired) electrons. The highest BCUT2D eigenvalue weighted by Crippen LogP contribution is 2.36. The largest absolute Gasteiger partial charge is 0.494 e. The molecular formula is C23H30N3O3S+. The van der Waals surface area contributed by atoms with Crippen molar-refractivity contribution in [2.75, 3.05) is 44.8 Å². The minimum atomic E-state index is -0.0962. The Hall–Kier alpha value is -2.64.